The topological polar surface area (TPSA) is 74.0 Å². The first-order valence-corrected chi connectivity index (χ1v) is 6.78. The Morgan fingerprint density at radius 3 is 2.89 bits per heavy atom. The van der Waals surface area contributed by atoms with E-state index in [1.807, 2.05) is 0 Å². The summed E-state index contributed by atoms with van der Waals surface area (Å²) in [7, 11) is 0. The molecule has 2 aromatic rings. The minimum absolute atomic E-state index is 0.180. The molecule has 0 aliphatic heterocycles. The van der Waals surface area contributed by atoms with Crippen LogP contribution < -0.4 is 0 Å². The van der Waals surface area contributed by atoms with E-state index in [0.29, 0.717) is 15.1 Å². The van der Waals surface area contributed by atoms with Gasteiger partial charge in [0, 0.05) is 15.6 Å². The Balaban J connectivity index is 2.37. The van der Waals surface area contributed by atoms with Gasteiger partial charge in [-0.1, -0.05) is 11.8 Å². The predicted octanol–water partition coefficient (Wildman–Crippen LogP) is 3.57. The van der Waals surface area contributed by atoms with Gasteiger partial charge in [-0.25, -0.2) is 9.78 Å². The first kappa shape index (κ1) is 13.6. The molecule has 1 aromatic heterocycles. The molecule has 0 unspecified atom stereocenters. The van der Waals surface area contributed by atoms with Crippen molar-refractivity contribution in [2.24, 2.45) is 0 Å². The largest absolute Gasteiger partial charge is 0.478 e. The molecule has 2 rings (SSSR count). The highest BCUT2D eigenvalue weighted by molar-refractivity contribution is 9.10. The lowest BCUT2D eigenvalue weighted by Crippen LogP contribution is -1.97. The monoisotopic (exact) mass is 334 g/mol. The molecule has 0 aliphatic rings. The van der Waals surface area contributed by atoms with Crippen molar-refractivity contribution < 1.29 is 9.90 Å². The number of hydrogen-bond acceptors (Lipinski definition) is 4. The van der Waals surface area contributed by atoms with E-state index in [0.717, 1.165) is 4.90 Å². The van der Waals surface area contributed by atoms with Gasteiger partial charge in [-0.2, -0.15) is 5.26 Å². The van der Waals surface area contributed by atoms with E-state index in [9.17, 15) is 4.79 Å². The Kier molecular flexibility index (Phi) is 4.20. The van der Waals surface area contributed by atoms with Crippen LogP contribution in [0.25, 0.3) is 0 Å². The van der Waals surface area contributed by atoms with Crippen LogP contribution in [0.1, 0.15) is 15.9 Å². The van der Waals surface area contributed by atoms with E-state index < -0.39 is 5.97 Å². The number of aromatic carboxylic acids is 1. The quantitative estimate of drug-likeness (QED) is 0.928. The fourth-order valence-electron chi connectivity index (χ4n) is 1.40. The maximum Gasteiger partial charge on any atom is 0.336 e. The SMILES string of the molecule is N#Cc1cccnc1Sc1ccc(Br)c(C(=O)O)c1. The fraction of sp³-hybridized carbons (Fsp3) is 0. The van der Waals surface area contributed by atoms with Crippen molar-refractivity contribution >= 4 is 33.7 Å². The minimum atomic E-state index is -1.00. The highest BCUT2D eigenvalue weighted by atomic mass is 79.9. The van der Waals surface area contributed by atoms with Crippen LogP contribution in [0, 0.1) is 11.3 Å². The van der Waals surface area contributed by atoms with Crippen LogP contribution in [0.15, 0.2) is 50.9 Å². The number of nitrogens with zero attached hydrogens (tertiary/aromatic N) is 2. The van der Waals surface area contributed by atoms with Crippen molar-refractivity contribution in [3.63, 3.8) is 0 Å². The lowest BCUT2D eigenvalue weighted by atomic mass is 10.2. The third kappa shape index (κ3) is 3.13. The van der Waals surface area contributed by atoms with Gasteiger partial charge in [0.15, 0.2) is 0 Å². The lowest BCUT2D eigenvalue weighted by Gasteiger charge is -2.05. The molecule has 19 heavy (non-hydrogen) atoms. The molecule has 0 aliphatic carbocycles. The molecule has 0 saturated carbocycles. The zero-order valence-electron chi connectivity index (χ0n) is 9.50. The summed E-state index contributed by atoms with van der Waals surface area (Å²) in [6.45, 7) is 0. The fourth-order valence-corrected chi connectivity index (χ4v) is 2.69. The minimum Gasteiger partial charge on any atom is -0.478 e. The first-order valence-electron chi connectivity index (χ1n) is 5.17. The summed E-state index contributed by atoms with van der Waals surface area (Å²) in [6, 6.07) is 10.4. The Labute approximate surface area is 122 Å². The molecule has 0 saturated heterocycles. The van der Waals surface area contributed by atoms with Gasteiger partial charge < -0.3 is 5.11 Å². The molecule has 0 amide bonds. The Hall–Kier alpha value is -1.84. The number of pyridine rings is 1. The van der Waals surface area contributed by atoms with Crippen molar-refractivity contribution in [2.75, 3.05) is 0 Å². The van der Waals surface area contributed by atoms with Crippen LogP contribution in [-0.2, 0) is 0 Å². The maximum atomic E-state index is 11.0. The number of nitriles is 1. The van der Waals surface area contributed by atoms with Gasteiger partial charge in [-0.3, -0.25) is 0 Å². The van der Waals surface area contributed by atoms with Crippen molar-refractivity contribution in [1.82, 2.24) is 4.98 Å². The predicted molar refractivity (Wildman–Crippen MR) is 74.2 cm³/mol. The van der Waals surface area contributed by atoms with Crippen molar-refractivity contribution in [1.29, 1.82) is 5.26 Å². The average Bonchev–Trinajstić information content (AvgIpc) is 2.41. The van der Waals surface area contributed by atoms with Gasteiger partial charge in [0.25, 0.3) is 0 Å². The number of rotatable bonds is 3. The van der Waals surface area contributed by atoms with Crippen molar-refractivity contribution in [3.8, 4) is 6.07 Å². The zero-order chi connectivity index (χ0) is 13.8. The van der Waals surface area contributed by atoms with E-state index in [4.69, 9.17) is 10.4 Å². The molecule has 1 aromatic carbocycles. The summed E-state index contributed by atoms with van der Waals surface area (Å²) in [6.07, 6.45) is 1.60. The Morgan fingerprint density at radius 1 is 1.42 bits per heavy atom. The molecule has 0 fully saturated rings. The van der Waals surface area contributed by atoms with Crippen molar-refractivity contribution in [3.05, 3.63) is 52.1 Å². The molecule has 4 nitrogen and oxygen atoms in total. The highest BCUT2D eigenvalue weighted by Crippen LogP contribution is 2.31. The Morgan fingerprint density at radius 2 is 2.21 bits per heavy atom. The summed E-state index contributed by atoms with van der Waals surface area (Å²) < 4.78 is 0.519. The van der Waals surface area contributed by atoms with Crippen LogP contribution in [-0.4, -0.2) is 16.1 Å². The molecule has 1 N–H and O–H groups in total. The summed E-state index contributed by atoms with van der Waals surface area (Å²) in [5.74, 6) is -1.00. The van der Waals surface area contributed by atoms with Gasteiger partial charge in [0.05, 0.1) is 11.1 Å². The van der Waals surface area contributed by atoms with E-state index in [2.05, 4.69) is 27.0 Å². The van der Waals surface area contributed by atoms with Crippen LogP contribution in [0.5, 0.6) is 0 Å². The third-order valence-corrected chi connectivity index (χ3v) is 3.97. The number of carboxylic acids is 1. The summed E-state index contributed by atoms with van der Waals surface area (Å²) in [4.78, 5) is 15.9. The second-order valence-electron chi connectivity index (χ2n) is 3.52. The molecular formula is C13H7BrN2O2S. The van der Waals surface area contributed by atoms with E-state index in [1.165, 1.54) is 11.8 Å². The molecular weight excluding hydrogens is 328 g/mol. The van der Waals surface area contributed by atoms with Crippen LogP contribution in [0.3, 0.4) is 0 Å². The average molecular weight is 335 g/mol. The molecule has 0 radical (unpaired) electrons. The van der Waals surface area contributed by atoms with Gasteiger partial charge in [0.1, 0.15) is 11.1 Å². The standard InChI is InChI=1S/C13H7BrN2O2S/c14-11-4-3-9(6-10(11)13(17)18)19-12-8(7-15)2-1-5-16-12/h1-6H,(H,17,18). The lowest BCUT2D eigenvalue weighted by molar-refractivity contribution is 0.0695. The second-order valence-corrected chi connectivity index (χ2v) is 5.43. The summed E-state index contributed by atoms with van der Waals surface area (Å²) in [5.41, 5.74) is 0.645. The van der Waals surface area contributed by atoms with Crippen LogP contribution in [0.2, 0.25) is 0 Å². The van der Waals surface area contributed by atoms with Gasteiger partial charge in [-0.15, -0.1) is 0 Å². The summed E-state index contributed by atoms with van der Waals surface area (Å²) >= 11 is 4.45. The number of halogens is 1. The molecule has 94 valence electrons. The van der Waals surface area contributed by atoms with E-state index in [-0.39, 0.29) is 5.56 Å². The second kappa shape index (κ2) is 5.87. The maximum absolute atomic E-state index is 11.0. The third-order valence-electron chi connectivity index (χ3n) is 2.27. The number of benzene rings is 1. The normalized spacial score (nSPS) is 9.89. The van der Waals surface area contributed by atoms with Crippen LogP contribution >= 0.6 is 27.7 Å². The number of aromatic nitrogens is 1. The zero-order valence-corrected chi connectivity index (χ0v) is 11.9. The number of carboxylic acid groups (broad SMARTS) is 1. The van der Waals surface area contributed by atoms with Gasteiger partial charge in [-0.05, 0) is 46.3 Å². The first-order chi connectivity index (χ1) is 9.11. The number of carbonyl (C=O) groups is 1. The van der Waals surface area contributed by atoms with Crippen molar-refractivity contribution in [2.45, 2.75) is 9.92 Å². The number of hydrogen-bond donors (Lipinski definition) is 1. The Bertz CT molecular complexity index is 683. The van der Waals surface area contributed by atoms with E-state index >= 15 is 0 Å². The molecule has 6 heteroatoms. The molecule has 0 spiro atoms. The van der Waals surface area contributed by atoms with Crippen LogP contribution in [0.4, 0.5) is 0 Å². The van der Waals surface area contributed by atoms with Gasteiger partial charge >= 0.3 is 5.97 Å². The summed E-state index contributed by atoms with van der Waals surface area (Å²) in [5, 5.41) is 18.6. The molecule has 0 bridgehead atoms. The molecule has 1 heterocycles. The van der Waals surface area contributed by atoms with Gasteiger partial charge in [0.2, 0.25) is 0 Å². The highest BCUT2D eigenvalue weighted by Gasteiger charge is 2.11. The molecule has 0 atom stereocenters. The van der Waals surface area contributed by atoms with E-state index in [1.54, 1.807) is 36.5 Å². The smallest absolute Gasteiger partial charge is 0.336 e.